The number of hydrogen-bond donors (Lipinski definition) is 1. The van der Waals surface area contributed by atoms with E-state index in [0.29, 0.717) is 16.0 Å². The molecule has 2 atom stereocenters. The normalized spacial score (nSPS) is 23.0. The predicted molar refractivity (Wildman–Crippen MR) is 74.5 cm³/mol. The minimum atomic E-state index is -0.454. The van der Waals surface area contributed by atoms with Gasteiger partial charge in [-0.05, 0) is 19.1 Å². The fraction of sp³-hybridized carbons (Fsp3) is 0.545. The van der Waals surface area contributed by atoms with Crippen molar-refractivity contribution in [1.82, 2.24) is 4.98 Å². The van der Waals surface area contributed by atoms with Gasteiger partial charge in [-0.1, -0.05) is 18.0 Å². The van der Waals surface area contributed by atoms with E-state index in [1.54, 1.807) is 11.8 Å². The smallest absolute Gasteiger partial charge is 0.311 e. The lowest BCUT2D eigenvalue weighted by Gasteiger charge is -2.20. The van der Waals surface area contributed by atoms with E-state index in [1.807, 2.05) is 0 Å². The maximum atomic E-state index is 11.0. The first-order chi connectivity index (χ1) is 8.63. The molecule has 7 heteroatoms. The van der Waals surface area contributed by atoms with Crippen molar-refractivity contribution < 1.29 is 4.92 Å². The molecule has 0 aromatic carbocycles. The van der Waals surface area contributed by atoms with E-state index >= 15 is 0 Å². The van der Waals surface area contributed by atoms with Crippen LogP contribution in [0.3, 0.4) is 0 Å². The van der Waals surface area contributed by atoms with E-state index in [9.17, 15) is 10.1 Å². The molecule has 98 valence electrons. The molecule has 5 nitrogen and oxygen atoms in total. The molecule has 2 unspecified atom stereocenters. The Kier molecular flexibility index (Phi) is 4.29. The number of pyridine rings is 1. The molecule has 2 rings (SSSR count). The molecule has 1 N–H and O–H groups in total. The van der Waals surface area contributed by atoms with Crippen molar-refractivity contribution in [3.8, 4) is 0 Å². The van der Waals surface area contributed by atoms with Gasteiger partial charge < -0.3 is 5.32 Å². The van der Waals surface area contributed by atoms with Crippen molar-refractivity contribution in [1.29, 1.82) is 0 Å². The summed E-state index contributed by atoms with van der Waals surface area (Å²) in [6.07, 6.45) is 8.01. The van der Waals surface area contributed by atoms with Crippen LogP contribution in [0, 0.1) is 10.1 Å². The number of nitro groups is 1. The van der Waals surface area contributed by atoms with Crippen molar-refractivity contribution in [3.05, 3.63) is 27.5 Å². The van der Waals surface area contributed by atoms with Gasteiger partial charge in [-0.2, -0.15) is 11.8 Å². The number of rotatable bonds is 4. The molecule has 0 amide bonds. The first-order valence-electron chi connectivity index (χ1n) is 5.70. The number of aromatic nitrogens is 1. The largest absolute Gasteiger partial charge is 0.374 e. The highest BCUT2D eigenvalue weighted by Gasteiger charge is 2.29. The number of nitrogens with one attached hydrogen (secondary N) is 1. The number of thioether (sulfide) groups is 1. The van der Waals surface area contributed by atoms with Crippen LogP contribution in [-0.2, 0) is 0 Å². The molecule has 1 aromatic heterocycles. The van der Waals surface area contributed by atoms with Crippen LogP contribution >= 0.6 is 23.4 Å². The predicted octanol–water partition coefficient (Wildman–Crippen LogP) is 3.34. The maximum absolute atomic E-state index is 11.0. The van der Waals surface area contributed by atoms with Gasteiger partial charge in [0, 0.05) is 17.5 Å². The summed E-state index contributed by atoms with van der Waals surface area (Å²) in [5.74, 6) is 0. The molecule has 18 heavy (non-hydrogen) atoms. The summed E-state index contributed by atoms with van der Waals surface area (Å²) in [6.45, 7) is 0. The first kappa shape index (κ1) is 13.4. The second-order valence-electron chi connectivity index (χ2n) is 4.23. The Bertz CT molecular complexity index is 458. The van der Waals surface area contributed by atoms with Crippen LogP contribution in [0.1, 0.15) is 19.3 Å². The first-order valence-corrected chi connectivity index (χ1v) is 7.37. The topological polar surface area (TPSA) is 68.1 Å². The van der Waals surface area contributed by atoms with Gasteiger partial charge in [0.2, 0.25) is 0 Å². The number of nitrogens with zero attached hydrogens (tertiary/aromatic N) is 2. The lowest BCUT2D eigenvalue weighted by atomic mass is 10.2. The van der Waals surface area contributed by atoms with Crippen molar-refractivity contribution in [2.24, 2.45) is 0 Å². The molecule has 0 radical (unpaired) electrons. The van der Waals surface area contributed by atoms with Crippen LogP contribution in [0.15, 0.2) is 12.4 Å². The molecule has 0 bridgehead atoms. The Hall–Kier alpha value is -1.01. The van der Waals surface area contributed by atoms with Gasteiger partial charge >= 0.3 is 5.69 Å². The van der Waals surface area contributed by atoms with Crippen LogP contribution in [0.5, 0.6) is 0 Å². The summed E-state index contributed by atoms with van der Waals surface area (Å²) in [5.41, 5.74) is 0.330. The molecule has 1 aromatic rings. The average Bonchev–Trinajstić information content (AvgIpc) is 2.78. The van der Waals surface area contributed by atoms with Crippen LogP contribution < -0.4 is 5.32 Å². The molecule has 0 saturated heterocycles. The zero-order chi connectivity index (χ0) is 13.1. The number of anilines is 1. The minimum Gasteiger partial charge on any atom is -0.374 e. The molecule has 1 aliphatic rings. The third-order valence-corrected chi connectivity index (χ3v) is 4.62. The zero-order valence-electron chi connectivity index (χ0n) is 9.93. The van der Waals surface area contributed by atoms with Gasteiger partial charge in [-0.3, -0.25) is 15.1 Å². The fourth-order valence-electron chi connectivity index (χ4n) is 2.26. The van der Waals surface area contributed by atoms with Gasteiger partial charge in [-0.15, -0.1) is 0 Å². The summed E-state index contributed by atoms with van der Waals surface area (Å²) in [6, 6.07) is 0.235. The highest BCUT2D eigenvalue weighted by molar-refractivity contribution is 7.99. The van der Waals surface area contributed by atoms with Gasteiger partial charge in [-0.25, -0.2) is 0 Å². The Morgan fingerprint density at radius 1 is 1.56 bits per heavy atom. The fourth-order valence-corrected chi connectivity index (χ4v) is 3.41. The van der Waals surface area contributed by atoms with Crippen LogP contribution in [0.4, 0.5) is 11.4 Å². The Morgan fingerprint density at radius 3 is 3.00 bits per heavy atom. The van der Waals surface area contributed by atoms with Crippen molar-refractivity contribution in [2.45, 2.75) is 30.6 Å². The Labute approximate surface area is 114 Å². The van der Waals surface area contributed by atoms with Gasteiger partial charge in [0.05, 0.1) is 9.95 Å². The summed E-state index contributed by atoms with van der Waals surface area (Å²) in [4.78, 5) is 14.3. The van der Waals surface area contributed by atoms with E-state index in [-0.39, 0.29) is 11.7 Å². The van der Waals surface area contributed by atoms with Gasteiger partial charge in [0.25, 0.3) is 0 Å². The van der Waals surface area contributed by atoms with E-state index < -0.39 is 4.92 Å². The summed E-state index contributed by atoms with van der Waals surface area (Å²) < 4.78 is 0. The standard InChI is InChI=1S/C11H14ClN3O2S/c1-18-10-4-2-3-8(10)14-11-7(12)5-13-6-9(11)15(16)17/h5-6,8,10H,2-4H2,1H3,(H,13,14). The van der Waals surface area contributed by atoms with Crippen molar-refractivity contribution in [2.75, 3.05) is 11.6 Å². The van der Waals surface area contributed by atoms with Crippen molar-refractivity contribution in [3.63, 3.8) is 0 Å². The van der Waals surface area contributed by atoms with Gasteiger partial charge in [0.15, 0.2) is 0 Å². The SMILES string of the molecule is CSC1CCCC1Nc1c(Cl)cncc1[N+](=O)[O-]. The molecule has 1 saturated carbocycles. The highest BCUT2D eigenvalue weighted by Crippen LogP contribution is 2.36. The minimum absolute atomic E-state index is 0.0609. The third kappa shape index (κ3) is 2.70. The molecular weight excluding hydrogens is 274 g/mol. The Morgan fingerprint density at radius 2 is 2.33 bits per heavy atom. The van der Waals surface area contributed by atoms with E-state index in [4.69, 9.17) is 11.6 Å². The lowest BCUT2D eigenvalue weighted by molar-refractivity contribution is -0.384. The van der Waals surface area contributed by atoms with E-state index in [0.717, 1.165) is 19.3 Å². The van der Waals surface area contributed by atoms with Crippen molar-refractivity contribution >= 4 is 34.7 Å². The molecular formula is C11H14ClN3O2S. The molecule has 0 spiro atoms. The maximum Gasteiger partial charge on any atom is 0.311 e. The van der Waals surface area contributed by atoms with Gasteiger partial charge in [0.1, 0.15) is 11.9 Å². The molecule has 1 fully saturated rings. The van der Waals surface area contributed by atoms with E-state index in [1.165, 1.54) is 12.4 Å². The lowest BCUT2D eigenvalue weighted by Crippen LogP contribution is -2.26. The van der Waals surface area contributed by atoms with Crippen LogP contribution in [0.25, 0.3) is 0 Å². The molecule has 0 aliphatic heterocycles. The number of hydrogen-bond acceptors (Lipinski definition) is 5. The van der Waals surface area contributed by atoms with E-state index in [2.05, 4.69) is 16.6 Å². The second-order valence-corrected chi connectivity index (χ2v) is 5.71. The number of halogens is 1. The molecule has 1 heterocycles. The monoisotopic (exact) mass is 287 g/mol. The highest BCUT2D eigenvalue weighted by atomic mass is 35.5. The summed E-state index contributed by atoms with van der Waals surface area (Å²) in [7, 11) is 0. The second kappa shape index (κ2) is 5.75. The molecule has 1 aliphatic carbocycles. The van der Waals surface area contributed by atoms with Crippen LogP contribution in [0.2, 0.25) is 5.02 Å². The Balaban J connectivity index is 2.25. The third-order valence-electron chi connectivity index (χ3n) is 3.16. The van der Waals surface area contributed by atoms with Crippen LogP contribution in [-0.4, -0.2) is 27.5 Å². The quantitative estimate of drug-likeness (QED) is 0.679. The summed E-state index contributed by atoms with van der Waals surface area (Å²) >= 11 is 7.80. The summed E-state index contributed by atoms with van der Waals surface area (Å²) in [5, 5.41) is 15.0. The zero-order valence-corrected chi connectivity index (χ0v) is 11.5. The average molecular weight is 288 g/mol.